The lowest BCUT2D eigenvalue weighted by Crippen LogP contribution is -2.38. The van der Waals surface area contributed by atoms with Crippen molar-refractivity contribution in [2.75, 3.05) is 18.0 Å². The smallest absolute Gasteiger partial charge is 0.272 e. The van der Waals surface area contributed by atoms with E-state index in [2.05, 4.69) is 42.5 Å². The molecule has 3 aromatic rings. The molecule has 1 aromatic carbocycles. The summed E-state index contributed by atoms with van der Waals surface area (Å²) in [5.74, 6) is 0.424. The van der Waals surface area contributed by atoms with E-state index in [9.17, 15) is 4.79 Å². The zero-order valence-corrected chi connectivity index (χ0v) is 14.1. The Morgan fingerprint density at radius 3 is 2.69 bits per heavy atom. The van der Waals surface area contributed by atoms with Crippen LogP contribution < -0.4 is 10.2 Å². The Morgan fingerprint density at radius 1 is 1.04 bits per heavy atom. The zero-order valence-electron chi connectivity index (χ0n) is 14.1. The molecule has 0 aliphatic carbocycles. The van der Waals surface area contributed by atoms with Gasteiger partial charge in [0.2, 0.25) is 5.95 Å². The van der Waals surface area contributed by atoms with Gasteiger partial charge in [0.1, 0.15) is 0 Å². The van der Waals surface area contributed by atoms with Gasteiger partial charge in [-0.1, -0.05) is 24.3 Å². The molecule has 0 radical (unpaired) electrons. The Bertz CT molecular complexity index is 887. The maximum Gasteiger partial charge on any atom is 0.272 e. The number of hydrogen-bond donors (Lipinski definition) is 1. The average Bonchev–Trinajstić information content (AvgIpc) is 2.89. The molecule has 1 atom stereocenters. The van der Waals surface area contributed by atoms with Crippen LogP contribution in [0.2, 0.25) is 0 Å². The molecule has 0 spiro atoms. The minimum atomic E-state index is -0.242. The number of carbonyl (C=O) groups is 1. The molecule has 4 rings (SSSR count). The number of benzene rings is 1. The normalized spacial score (nSPS) is 16.5. The average molecular weight is 346 g/mol. The van der Waals surface area contributed by atoms with Gasteiger partial charge in [0.15, 0.2) is 5.69 Å². The highest BCUT2D eigenvalue weighted by atomic mass is 16.2. The molecular weight excluding hydrogens is 328 g/mol. The van der Waals surface area contributed by atoms with Gasteiger partial charge in [-0.2, -0.15) is 5.10 Å². The fourth-order valence-electron chi connectivity index (χ4n) is 3.18. The number of carbonyl (C=O) groups excluding carboxylic acids is 1. The minimum Gasteiger partial charge on any atom is -0.342 e. The first kappa shape index (κ1) is 16.1. The number of nitrogens with zero attached hydrogens (tertiary/aromatic N) is 5. The first-order valence-corrected chi connectivity index (χ1v) is 8.49. The van der Waals surface area contributed by atoms with Crippen LogP contribution in [0.25, 0.3) is 0 Å². The van der Waals surface area contributed by atoms with Crippen molar-refractivity contribution in [3.05, 3.63) is 77.9 Å². The van der Waals surface area contributed by atoms with Crippen LogP contribution in [0.1, 0.15) is 27.7 Å². The summed E-state index contributed by atoms with van der Waals surface area (Å²) in [6, 6.07) is 13.1. The van der Waals surface area contributed by atoms with Gasteiger partial charge in [0.25, 0.3) is 5.91 Å². The van der Waals surface area contributed by atoms with Gasteiger partial charge in [0.05, 0.1) is 6.04 Å². The van der Waals surface area contributed by atoms with Crippen LogP contribution in [0, 0.1) is 0 Å². The van der Waals surface area contributed by atoms with Crippen molar-refractivity contribution in [3.8, 4) is 0 Å². The lowest BCUT2D eigenvalue weighted by Gasteiger charge is -2.25. The van der Waals surface area contributed by atoms with Crippen molar-refractivity contribution in [1.29, 1.82) is 0 Å². The van der Waals surface area contributed by atoms with Gasteiger partial charge < -0.3 is 10.2 Å². The van der Waals surface area contributed by atoms with Crippen LogP contribution in [0.5, 0.6) is 0 Å². The van der Waals surface area contributed by atoms with Crippen molar-refractivity contribution in [1.82, 2.24) is 25.5 Å². The fraction of sp³-hybridized carbons (Fsp3) is 0.211. The topological polar surface area (TPSA) is 83.9 Å². The van der Waals surface area contributed by atoms with Crippen LogP contribution in [0.15, 0.2) is 61.1 Å². The standard InChI is InChI=1S/C19H18N6O/c26-18(16-7-3-11-22-24-16)23-17-13-25(19-20-9-4-10-21-19)12-8-14-5-1-2-6-15(14)17/h1-7,9-11,17H,8,12-13H2,(H,23,26). The van der Waals surface area contributed by atoms with E-state index in [0.717, 1.165) is 18.5 Å². The summed E-state index contributed by atoms with van der Waals surface area (Å²) in [6.07, 6.45) is 5.87. The van der Waals surface area contributed by atoms with Gasteiger partial charge in [-0.25, -0.2) is 9.97 Å². The van der Waals surface area contributed by atoms with Crippen LogP contribution in [-0.2, 0) is 6.42 Å². The molecule has 1 amide bonds. The van der Waals surface area contributed by atoms with Crippen molar-refractivity contribution in [2.24, 2.45) is 0 Å². The zero-order chi connectivity index (χ0) is 17.8. The van der Waals surface area contributed by atoms with Crippen LogP contribution in [0.4, 0.5) is 5.95 Å². The molecule has 1 aliphatic rings. The van der Waals surface area contributed by atoms with E-state index in [1.807, 2.05) is 12.1 Å². The number of anilines is 1. The molecule has 0 saturated carbocycles. The largest absolute Gasteiger partial charge is 0.342 e. The highest BCUT2D eigenvalue weighted by Gasteiger charge is 2.26. The Labute approximate surface area is 151 Å². The molecule has 0 saturated heterocycles. The fourth-order valence-corrected chi connectivity index (χ4v) is 3.18. The van der Waals surface area contributed by atoms with E-state index >= 15 is 0 Å². The first-order valence-electron chi connectivity index (χ1n) is 8.49. The third kappa shape index (κ3) is 3.37. The summed E-state index contributed by atoms with van der Waals surface area (Å²) in [6.45, 7) is 1.38. The highest BCUT2D eigenvalue weighted by Crippen LogP contribution is 2.25. The van der Waals surface area contributed by atoms with Crippen LogP contribution >= 0.6 is 0 Å². The van der Waals surface area contributed by atoms with E-state index in [1.165, 1.54) is 5.56 Å². The number of nitrogens with one attached hydrogen (secondary N) is 1. The number of aromatic nitrogens is 4. The molecule has 0 bridgehead atoms. The van der Waals surface area contributed by atoms with Crippen molar-refractivity contribution < 1.29 is 4.79 Å². The molecule has 0 fully saturated rings. The maximum absolute atomic E-state index is 12.6. The SMILES string of the molecule is O=C(NC1CN(c2ncccn2)CCc2ccccc21)c1cccnn1. The Kier molecular flexibility index (Phi) is 4.51. The number of rotatable bonds is 3. The second-order valence-corrected chi connectivity index (χ2v) is 6.08. The molecule has 7 nitrogen and oxygen atoms in total. The summed E-state index contributed by atoms with van der Waals surface area (Å²) in [4.78, 5) is 23.4. The molecule has 26 heavy (non-hydrogen) atoms. The van der Waals surface area contributed by atoms with E-state index in [4.69, 9.17) is 0 Å². The summed E-state index contributed by atoms with van der Waals surface area (Å²) in [5, 5.41) is 10.8. The van der Waals surface area contributed by atoms with Crippen molar-refractivity contribution in [3.63, 3.8) is 0 Å². The Morgan fingerprint density at radius 2 is 1.88 bits per heavy atom. The molecule has 7 heteroatoms. The predicted octanol–water partition coefficient (Wildman–Crippen LogP) is 1.80. The second-order valence-electron chi connectivity index (χ2n) is 6.08. The van der Waals surface area contributed by atoms with Gasteiger partial charge in [-0.05, 0) is 35.7 Å². The monoisotopic (exact) mass is 346 g/mol. The van der Waals surface area contributed by atoms with Crippen molar-refractivity contribution in [2.45, 2.75) is 12.5 Å². The molecule has 1 aliphatic heterocycles. The molecule has 130 valence electrons. The van der Waals surface area contributed by atoms with E-state index in [0.29, 0.717) is 18.2 Å². The molecule has 1 N–H and O–H groups in total. The third-order valence-corrected chi connectivity index (χ3v) is 4.43. The van der Waals surface area contributed by atoms with E-state index in [-0.39, 0.29) is 11.9 Å². The number of amides is 1. The third-order valence-electron chi connectivity index (χ3n) is 4.43. The van der Waals surface area contributed by atoms with E-state index < -0.39 is 0 Å². The lowest BCUT2D eigenvalue weighted by atomic mass is 9.99. The minimum absolute atomic E-state index is 0.188. The highest BCUT2D eigenvalue weighted by molar-refractivity contribution is 5.92. The molecule has 3 heterocycles. The summed E-state index contributed by atoms with van der Waals surface area (Å²) < 4.78 is 0. The first-order chi connectivity index (χ1) is 12.8. The van der Waals surface area contributed by atoms with Crippen LogP contribution in [-0.4, -0.2) is 39.2 Å². The van der Waals surface area contributed by atoms with Gasteiger partial charge >= 0.3 is 0 Å². The molecule has 1 unspecified atom stereocenters. The molecular formula is C19H18N6O. The van der Waals surface area contributed by atoms with Crippen molar-refractivity contribution >= 4 is 11.9 Å². The predicted molar refractivity (Wildman–Crippen MR) is 96.6 cm³/mol. The van der Waals surface area contributed by atoms with Gasteiger partial charge in [-0.15, -0.1) is 5.10 Å². The number of fused-ring (bicyclic) bond motifs is 1. The van der Waals surface area contributed by atoms with E-state index in [1.54, 1.807) is 36.8 Å². The Balaban J connectivity index is 1.63. The summed E-state index contributed by atoms with van der Waals surface area (Å²) >= 11 is 0. The Hall–Kier alpha value is -3.35. The summed E-state index contributed by atoms with van der Waals surface area (Å²) in [5.41, 5.74) is 2.63. The van der Waals surface area contributed by atoms with Gasteiger partial charge in [-0.3, -0.25) is 4.79 Å². The lowest BCUT2D eigenvalue weighted by molar-refractivity contribution is 0.0931. The maximum atomic E-state index is 12.6. The quantitative estimate of drug-likeness (QED) is 0.778. The second kappa shape index (κ2) is 7.26. The van der Waals surface area contributed by atoms with Gasteiger partial charge in [0, 0.05) is 31.7 Å². The molecule has 2 aromatic heterocycles. The number of hydrogen-bond acceptors (Lipinski definition) is 6. The van der Waals surface area contributed by atoms with Crippen LogP contribution in [0.3, 0.4) is 0 Å². The summed E-state index contributed by atoms with van der Waals surface area (Å²) in [7, 11) is 0.